The average molecular weight is 306 g/mol. The smallest absolute Gasteiger partial charge is 0.228 e. The molecule has 0 radical (unpaired) electrons. The number of nitrogens with two attached hydrogens (primary N) is 1. The van der Waals surface area contributed by atoms with Gasteiger partial charge in [-0.25, -0.2) is 4.98 Å². The molecule has 16 heavy (non-hydrogen) atoms. The average Bonchev–Trinajstić information content (AvgIpc) is 2.63. The van der Waals surface area contributed by atoms with Crippen LogP contribution in [0.2, 0.25) is 5.28 Å². The van der Waals surface area contributed by atoms with Crippen LogP contribution in [0.5, 0.6) is 0 Å². The fourth-order valence-corrected chi connectivity index (χ4v) is 2.20. The molecule has 1 saturated heterocycles. The molecule has 1 amide bonds. The summed E-state index contributed by atoms with van der Waals surface area (Å²) in [5.74, 6) is 0.722. The van der Waals surface area contributed by atoms with Crippen molar-refractivity contribution >= 4 is 39.3 Å². The van der Waals surface area contributed by atoms with Gasteiger partial charge in [0.05, 0.1) is 4.47 Å². The van der Waals surface area contributed by atoms with E-state index in [0.29, 0.717) is 29.8 Å². The monoisotopic (exact) mass is 304 g/mol. The number of hydrogen-bond acceptors (Lipinski definition) is 4. The molecule has 1 aliphatic heterocycles. The first-order chi connectivity index (χ1) is 7.61. The first-order valence-corrected chi connectivity index (χ1v) is 5.97. The summed E-state index contributed by atoms with van der Waals surface area (Å²) >= 11 is 9.01. The standard InChI is InChI=1S/C9H10BrClN4O/c10-6-3-13-9(11)14-8(6)15-4-5(2-12)1-7(15)16/h3,5H,1-2,4,12H2. The second-order valence-corrected chi connectivity index (χ2v) is 4.81. The molecule has 0 saturated carbocycles. The van der Waals surface area contributed by atoms with Crippen LogP contribution in [-0.4, -0.2) is 29.0 Å². The Bertz CT molecular complexity index is 428. The van der Waals surface area contributed by atoms with E-state index < -0.39 is 0 Å². The lowest BCUT2D eigenvalue weighted by Gasteiger charge is -2.16. The molecule has 1 atom stereocenters. The molecule has 0 bridgehead atoms. The zero-order valence-electron chi connectivity index (χ0n) is 8.36. The van der Waals surface area contributed by atoms with Gasteiger partial charge < -0.3 is 5.73 Å². The molecule has 0 aromatic carbocycles. The van der Waals surface area contributed by atoms with Crippen LogP contribution < -0.4 is 10.6 Å². The van der Waals surface area contributed by atoms with Crippen molar-refractivity contribution in [2.75, 3.05) is 18.0 Å². The Labute approximate surface area is 106 Å². The van der Waals surface area contributed by atoms with Crippen molar-refractivity contribution in [2.24, 2.45) is 11.7 Å². The maximum Gasteiger partial charge on any atom is 0.228 e. The summed E-state index contributed by atoms with van der Waals surface area (Å²) in [4.78, 5) is 21.2. The second kappa shape index (κ2) is 4.65. The fourth-order valence-electron chi connectivity index (χ4n) is 1.67. The Balaban J connectivity index is 2.30. The third-order valence-corrected chi connectivity index (χ3v) is 3.23. The van der Waals surface area contributed by atoms with Crippen molar-refractivity contribution in [1.29, 1.82) is 0 Å². The molecule has 2 N–H and O–H groups in total. The van der Waals surface area contributed by atoms with E-state index in [2.05, 4.69) is 25.9 Å². The normalized spacial score (nSPS) is 20.6. The lowest BCUT2D eigenvalue weighted by molar-refractivity contribution is -0.117. The van der Waals surface area contributed by atoms with Gasteiger partial charge in [-0.3, -0.25) is 9.69 Å². The van der Waals surface area contributed by atoms with E-state index in [4.69, 9.17) is 17.3 Å². The highest BCUT2D eigenvalue weighted by atomic mass is 79.9. The van der Waals surface area contributed by atoms with E-state index in [0.717, 1.165) is 0 Å². The number of anilines is 1. The molecular weight excluding hydrogens is 295 g/mol. The number of rotatable bonds is 2. The number of hydrogen-bond donors (Lipinski definition) is 1. The van der Waals surface area contributed by atoms with Crippen LogP contribution in [0.15, 0.2) is 10.7 Å². The lowest BCUT2D eigenvalue weighted by Crippen LogP contribution is -2.27. The zero-order chi connectivity index (χ0) is 11.7. The van der Waals surface area contributed by atoms with Gasteiger partial charge in [0.25, 0.3) is 0 Å². The number of carbonyl (C=O) groups excluding carboxylic acids is 1. The maximum absolute atomic E-state index is 11.8. The number of nitrogens with zero attached hydrogens (tertiary/aromatic N) is 3. The summed E-state index contributed by atoms with van der Waals surface area (Å²) < 4.78 is 0.655. The Kier molecular flexibility index (Phi) is 3.41. The van der Waals surface area contributed by atoms with Crippen LogP contribution in [0.25, 0.3) is 0 Å². The van der Waals surface area contributed by atoms with Gasteiger partial charge in [0, 0.05) is 19.2 Å². The molecule has 0 aliphatic carbocycles. The summed E-state index contributed by atoms with van der Waals surface area (Å²) in [5, 5.41) is 0.127. The largest absolute Gasteiger partial charge is 0.330 e. The third kappa shape index (κ3) is 2.18. The van der Waals surface area contributed by atoms with E-state index in [1.54, 1.807) is 4.90 Å². The minimum Gasteiger partial charge on any atom is -0.330 e. The fraction of sp³-hybridized carbons (Fsp3) is 0.444. The lowest BCUT2D eigenvalue weighted by atomic mass is 10.1. The van der Waals surface area contributed by atoms with Crippen molar-refractivity contribution in [3.05, 3.63) is 16.0 Å². The van der Waals surface area contributed by atoms with Gasteiger partial charge in [-0.15, -0.1) is 0 Å². The molecule has 1 aliphatic rings. The van der Waals surface area contributed by atoms with Gasteiger partial charge in [0.1, 0.15) is 0 Å². The Morgan fingerprint density at radius 3 is 3.06 bits per heavy atom. The van der Waals surface area contributed by atoms with E-state index in [-0.39, 0.29) is 17.1 Å². The predicted octanol–water partition coefficient (Wildman–Crippen LogP) is 1.20. The molecular formula is C9H10BrClN4O. The molecule has 0 spiro atoms. The molecule has 1 aromatic rings. The summed E-state index contributed by atoms with van der Waals surface area (Å²) in [6, 6.07) is 0. The molecule has 2 rings (SSSR count). The molecule has 1 unspecified atom stereocenters. The highest BCUT2D eigenvalue weighted by Gasteiger charge is 2.31. The SMILES string of the molecule is NCC1CC(=O)N(c2nc(Cl)ncc2Br)C1. The predicted molar refractivity (Wildman–Crippen MR) is 64.3 cm³/mol. The van der Waals surface area contributed by atoms with Crippen LogP contribution in [-0.2, 0) is 4.79 Å². The third-order valence-electron chi connectivity index (χ3n) is 2.49. The first-order valence-electron chi connectivity index (χ1n) is 4.80. The Morgan fingerprint density at radius 1 is 1.69 bits per heavy atom. The number of halogens is 2. The highest BCUT2D eigenvalue weighted by molar-refractivity contribution is 9.10. The van der Waals surface area contributed by atoms with Gasteiger partial charge in [0.15, 0.2) is 5.82 Å². The van der Waals surface area contributed by atoms with Crippen molar-refractivity contribution < 1.29 is 4.79 Å². The zero-order valence-corrected chi connectivity index (χ0v) is 10.7. The van der Waals surface area contributed by atoms with Gasteiger partial charge in [-0.1, -0.05) is 0 Å². The Hall–Kier alpha value is -0.720. The maximum atomic E-state index is 11.8. The topological polar surface area (TPSA) is 72.1 Å². The summed E-state index contributed by atoms with van der Waals surface area (Å²) in [6.45, 7) is 1.08. The quantitative estimate of drug-likeness (QED) is 0.834. The number of aromatic nitrogens is 2. The summed E-state index contributed by atoms with van der Waals surface area (Å²) in [6.07, 6.45) is 2.00. The van der Waals surface area contributed by atoms with Crippen molar-refractivity contribution in [3.8, 4) is 0 Å². The van der Waals surface area contributed by atoms with Crippen LogP contribution in [0.3, 0.4) is 0 Å². The molecule has 7 heteroatoms. The molecule has 5 nitrogen and oxygen atoms in total. The molecule has 86 valence electrons. The number of carbonyl (C=O) groups is 1. The van der Waals surface area contributed by atoms with Gasteiger partial charge in [-0.2, -0.15) is 4.98 Å². The van der Waals surface area contributed by atoms with Crippen LogP contribution in [0.4, 0.5) is 5.82 Å². The van der Waals surface area contributed by atoms with E-state index in [1.807, 2.05) is 0 Å². The minimum absolute atomic E-state index is 0.0194. The van der Waals surface area contributed by atoms with Crippen molar-refractivity contribution in [3.63, 3.8) is 0 Å². The minimum atomic E-state index is 0.0194. The second-order valence-electron chi connectivity index (χ2n) is 3.62. The summed E-state index contributed by atoms with van der Waals surface area (Å²) in [5.41, 5.74) is 5.55. The van der Waals surface area contributed by atoms with Gasteiger partial charge >= 0.3 is 0 Å². The Morgan fingerprint density at radius 2 is 2.44 bits per heavy atom. The van der Waals surface area contributed by atoms with Gasteiger partial charge in [0.2, 0.25) is 11.2 Å². The van der Waals surface area contributed by atoms with Crippen LogP contribution in [0.1, 0.15) is 6.42 Å². The number of amides is 1. The van der Waals surface area contributed by atoms with Crippen LogP contribution in [0, 0.1) is 5.92 Å². The summed E-state index contributed by atoms with van der Waals surface area (Å²) in [7, 11) is 0. The van der Waals surface area contributed by atoms with E-state index >= 15 is 0 Å². The van der Waals surface area contributed by atoms with E-state index in [9.17, 15) is 4.79 Å². The van der Waals surface area contributed by atoms with Crippen LogP contribution >= 0.6 is 27.5 Å². The van der Waals surface area contributed by atoms with Crippen molar-refractivity contribution in [2.45, 2.75) is 6.42 Å². The van der Waals surface area contributed by atoms with Crippen molar-refractivity contribution in [1.82, 2.24) is 9.97 Å². The first kappa shape index (κ1) is 11.8. The van der Waals surface area contributed by atoms with E-state index in [1.165, 1.54) is 6.20 Å². The highest BCUT2D eigenvalue weighted by Crippen LogP contribution is 2.29. The molecule has 1 aromatic heterocycles. The molecule has 2 heterocycles. The molecule has 1 fully saturated rings. The van der Waals surface area contributed by atoms with Gasteiger partial charge in [-0.05, 0) is 40.0 Å².